The number of carboxylic acid groups (broad SMARTS) is 9. The second-order valence-electron chi connectivity index (χ2n) is 20.5. The Labute approximate surface area is 517 Å². The summed E-state index contributed by atoms with van der Waals surface area (Å²) < 4.78 is 0. The lowest BCUT2D eigenvalue weighted by Crippen LogP contribution is -2.51. The number of rotatable bonds is 48. The van der Waals surface area contributed by atoms with Crippen LogP contribution < -0.4 is 53.2 Å². The smallest absolute Gasteiger partial charge is 0.326 e. The third-order valence-corrected chi connectivity index (χ3v) is 13.4. The van der Waals surface area contributed by atoms with Crippen LogP contribution in [0, 0.1) is 0 Å². The number of nitrogens with zero attached hydrogens (tertiary/aromatic N) is 3. The maximum atomic E-state index is 14.0. The summed E-state index contributed by atoms with van der Waals surface area (Å²) in [6, 6.07) is -7.90. The Morgan fingerprint density at radius 3 is 0.890 bits per heavy atom. The molecule has 0 fully saturated rings. The van der Waals surface area contributed by atoms with E-state index in [1.807, 2.05) is 16.0 Å². The fourth-order valence-electron chi connectivity index (χ4n) is 8.46. The molecule has 38 heteroatoms. The van der Waals surface area contributed by atoms with Gasteiger partial charge in [-0.25, -0.2) is 43.2 Å². The molecule has 0 saturated heterocycles. The fourth-order valence-corrected chi connectivity index (χ4v) is 8.46. The van der Waals surface area contributed by atoms with Crippen LogP contribution in [0.2, 0.25) is 0 Å². The van der Waals surface area contributed by atoms with E-state index in [-0.39, 0.29) is 127 Å². The highest BCUT2D eigenvalue weighted by atomic mass is 16.4. The number of hydrogen-bond acceptors (Lipinski definition) is 17. The second kappa shape index (κ2) is 42.4. The fraction of sp³-hybridized carbons (Fsp3) is 0.585. The van der Waals surface area contributed by atoms with Gasteiger partial charge in [0.15, 0.2) is 0 Å². The third-order valence-electron chi connectivity index (χ3n) is 13.4. The molecule has 504 valence electrons. The maximum absolute atomic E-state index is 14.0. The van der Waals surface area contributed by atoms with E-state index in [0.29, 0.717) is 0 Å². The van der Waals surface area contributed by atoms with Crippen LogP contribution in [0.15, 0.2) is 29.4 Å². The number of unbranched alkanes of at least 4 members (excludes halogenated alkanes) is 3. The van der Waals surface area contributed by atoms with Crippen molar-refractivity contribution in [1.82, 2.24) is 53.2 Å². The molecule has 6 atom stereocenters. The molecule has 1 aromatic rings. The molecule has 38 nitrogen and oxygen atoms in total. The monoisotopic (exact) mass is 1300 g/mol. The number of urea groups is 3. The number of carbonyl (C=O) groups is 16. The van der Waals surface area contributed by atoms with Gasteiger partial charge in [-0.3, -0.25) is 33.6 Å². The van der Waals surface area contributed by atoms with Crippen molar-refractivity contribution in [2.24, 2.45) is 5.11 Å². The Kier molecular flexibility index (Phi) is 36.5. The predicted octanol–water partition coefficient (Wildman–Crippen LogP) is 0.508. The average Bonchev–Trinajstić information content (AvgIpc) is 0.988. The second-order valence-corrected chi connectivity index (χ2v) is 20.5. The molecule has 0 aliphatic heterocycles. The van der Waals surface area contributed by atoms with Gasteiger partial charge in [-0.1, -0.05) is 17.2 Å². The standard InChI is InChI=1S/C53H77N13O25/c54-66-65-30-12-10-29(11-13-30)43(76)64-53(23-20-37(67)55-26-4-1-7-31(44(77)78)58-50(89)61-34(47(83)84)14-17-40(70)71,24-21-38(68)56-27-5-2-8-32(45(79)80)59-51(90)62-35(48(85)86)15-18-41(72)73)25-22-39(69)57-28-6-3-9-33(46(81)82)60-52(91)63-36(49(87)88)16-19-42(74)75/h10-13,31-36H,1-9,14-28H2,(H,55,67)(H,56,68)(H,57,69)(H,64,76)(H,70,71)(H,72,73)(H,74,75)(H,77,78)(H,79,80)(H,81,82)(H,83,84)(H,85,86)(H,87,88)(H2,58,61,89)(H2,59,62,90)(H2,60,63,91)/t31-,32-,33-,34-,35-,36-/m0/s1. The molecule has 0 radical (unpaired) electrons. The first-order chi connectivity index (χ1) is 42.9. The summed E-state index contributed by atoms with van der Waals surface area (Å²) in [6.45, 7) is -0.203. The molecule has 1 aromatic carbocycles. The van der Waals surface area contributed by atoms with Gasteiger partial charge >= 0.3 is 71.8 Å². The molecule has 1 rings (SSSR count). The van der Waals surface area contributed by atoms with Crippen molar-refractivity contribution in [3.8, 4) is 0 Å². The van der Waals surface area contributed by atoms with Crippen LogP contribution in [0.4, 0.5) is 20.1 Å². The van der Waals surface area contributed by atoms with Gasteiger partial charge in [-0.05, 0) is 114 Å². The van der Waals surface area contributed by atoms with Crippen molar-refractivity contribution in [2.75, 3.05) is 19.6 Å². The minimum Gasteiger partial charge on any atom is -0.481 e. The minimum absolute atomic E-state index is 0.00388. The van der Waals surface area contributed by atoms with Crippen LogP contribution in [-0.2, 0) is 57.5 Å². The van der Waals surface area contributed by atoms with Crippen molar-refractivity contribution in [3.63, 3.8) is 0 Å². The molecule has 91 heavy (non-hydrogen) atoms. The van der Waals surface area contributed by atoms with Crippen LogP contribution in [0.1, 0.15) is 145 Å². The molecule has 0 aliphatic rings. The lowest BCUT2D eigenvalue weighted by atomic mass is 9.82. The lowest BCUT2D eigenvalue weighted by Gasteiger charge is -2.35. The molecular formula is C53H77N13O25. The molecular weight excluding hydrogens is 1220 g/mol. The van der Waals surface area contributed by atoms with Gasteiger partial charge in [-0.15, -0.1) is 0 Å². The van der Waals surface area contributed by atoms with Gasteiger partial charge < -0.3 is 99.1 Å². The topological polar surface area (TPSA) is 624 Å². The number of amides is 10. The molecule has 0 spiro atoms. The number of nitrogens with one attached hydrogen (secondary N) is 10. The summed E-state index contributed by atoms with van der Waals surface area (Å²) in [4.78, 5) is 198. The maximum Gasteiger partial charge on any atom is 0.326 e. The van der Waals surface area contributed by atoms with Crippen molar-refractivity contribution >= 4 is 101 Å². The number of aliphatic carboxylic acids is 9. The van der Waals surface area contributed by atoms with E-state index in [0.717, 1.165) is 0 Å². The van der Waals surface area contributed by atoms with Crippen molar-refractivity contribution in [3.05, 3.63) is 40.3 Å². The quantitative estimate of drug-likeness (QED) is 0.0183. The van der Waals surface area contributed by atoms with Gasteiger partial charge in [0.25, 0.3) is 5.91 Å². The zero-order chi connectivity index (χ0) is 68.6. The number of carbonyl (C=O) groups excluding carboxylic acids is 7. The summed E-state index contributed by atoms with van der Waals surface area (Å²) in [5, 5.41) is 110. The molecule has 0 saturated carbocycles. The van der Waals surface area contributed by atoms with Crippen LogP contribution in [0.5, 0.6) is 0 Å². The highest BCUT2D eigenvalue weighted by Crippen LogP contribution is 2.28. The summed E-state index contributed by atoms with van der Waals surface area (Å²) in [6.07, 6.45) is -5.23. The minimum atomic E-state index is -1.65. The number of azide groups is 1. The molecule has 0 unspecified atom stereocenters. The van der Waals surface area contributed by atoms with E-state index >= 15 is 0 Å². The number of hydrogen-bond donors (Lipinski definition) is 19. The summed E-state index contributed by atoms with van der Waals surface area (Å²) in [5.41, 5.74) is 7.45. The van der Waals surface area contributed by atoms with E-state index in [9.17, 15) is 107 Å². The zero-order valence-electron chi connectivity index (χ0n) is 49.1. The molecule has 0 bridgehead atoms. The Morgan fingerprint density at radius 2 is 0.648 bits per heavy atom. The first-order valence-corrected chi connectivity index (χ1v) is 28.4. The van der Waals surface area contributed by atoms with Crippen LogP contribution >= 0.6 is 0 Å². The van der Waals surface area contributed by atoms with Gasteiger partial charge in [-0.2, -0.15) is 0 Å². The van der Waals surface area contributed by atoms with Crippen molar-refractivity contribution in [2.45, 2.75) is 177 Å². The molecule has 0 heterocycles. The van der Waals surface area contributed by atoms with Gasteiger partial charge in [0.2, 0.25) is 17.7 Å². The van der Waals surface area contributed by atoms with Crippen molar-refractivity contribution < 1.29 is 123 Å². The van der Waals surface area contributed by atoms with Crippen LogP contribution in [0.3, 0.4) is 0 Å². The highest BCUT2D eigenvalue weighted by Gasteiger charge is 2.35. The first-order valence-electron chi connectivity index (χ1n) is 28.4. The van der Waals surface area contributed by atoms with Crippen molar-refractivity contribution in [1.29, 1.82) is 0 Å². The average molecular weight is 1300 g/mol. The van der Waals surface area contributed by atoms with E-state index in [1.54, 1.807) is 0 Å². The Bertz CT molecular complexity index is 2550. The van der Waals surface area contributed by atoms with E-state index in [4.69, 9.17) is 20.9 Å². The first kappa shape index (κ1) is 78.5. The molecule has 0 aromatic heterocycles. The number of carboxylic acids is 9. The summed E-state index contributed by atoms with van der Waals surface area (Å²) >= 11 is 0. The summed E-state index contributed by atoms with van der Waals surface area (Å²) in [7, 11) is 0. The molecule has 0 aliphatic carbocycles. The Morgan fingerprint density at radius 1 is 0.385 bits per heavy atom. The van der Waals surface area contributed by atoms with Gasteiger partial charge in [0.1, 0.15) is 36.3 Å². The van der Waals surface area contributed by atoms with Gasteiger partial charge in [0, 0.05) is 79.9 Å². The lowest BCUT2D eigenvalue weighted by molar-refractivity contribution is -0.142. The molecule has 19 N–H and O–H groups in total. The Balaban J connectivity index is 3.34. The normalized spacial score (nSPS) is 12.7. The Hall–Kier alpha value is -10.6. The van der Waals surface area contributed by atoms with E-state index in [1.165, 1.54) is 24.3 Å². The third kappa shape index (κ3) is 35.1. The SMILES string of the molecule is [N-]=[N+]=Nc1ccc(C(=O)NC(CCC(=O)NCCCC[C@H](NC(=O)N[C@@H](CCC(=O)O)C(=O)O)C(=O)O)(CCC(=O)NCCCC[C@H](NC(=O)N[C@@H](CCC(=O)O)C(=O)O)C(=O)O)CCC(=O)NCCCC[C@H](NC(=O)N[C@@H](CCC(=O)O)C(=O)O)C(=O)O)cc1. The zero-order valence-corrected chi connectivity index (χ0v) is 49.1. The predicted molar refractivity (Wildman–Crippen MR) is 308 cm³/mol. The number of benzene rings is 1. The van der Waals surface area contributed by atoms with Gasteiger partial charge in [0.05, 0.1) is 0 Å². The van der Waals surface area contributed by atoms with E-state index < -0.39 is 176 Å². The van der Waals surface area contributed by atoms with E-state index in [2.05, 4.69) is 47.2 Å². The molecule has 10 amide bonds. The largest absolute Gasteiger partial charge is 0.481 e. The highest BCUT2D eigenvalue weighted by molar-refractivity contribution is 5.95. The summed E-state index contributed by atoms with van der Waals surface area (Å²) in [5.74, 6) is -15.8. The van der Waals surface area contributed by atoms with Crippen LogP contribution in [-0.4, -0.2) is 203 Å². The van der Waals surface area contributed by atoms with Crippen LogP contribution in [0.25, 0.3) is 10.4 Å².